The molecule has 2 atom stereocenters. The van der Waals surface area contributed by atoms with E-state index in [2.05, 4.69) is 34.4 Å². The first-order chi connectivity index (χ1) is 21.4. The minimum Gasteiger partial charge on any atom is -0.490 e. The zero-order valence-electron chi connectivity index (χ0n) is 25.7. The lowest BCUT2D eigenvalue weighted by Crippen LogP contribution is -2.60. The number of carbonyl (C=O) groups excluding carboxylic acids is 1. The van der Waals surface area contributed by atoms with Crippen molar-refractivity contribution in [2.45, 2.75) is 69.2 Å². The first-order valence-corrected chi connectivity index (χ1v) is 16.1. The summed E-state index contributed by atoms with van der Waals surface area (Å²) in [4.78, 5) is 32.6. The van der Waals surface area contributed by atoms with E-state index in [-0.39, 0.29) is 23.1 Å². The third-order valence-corrected chi connectivity index (χ3v) is 9.92. The summed E-state index contributed by atoms with van der Waals surface area (Å²) < 4.78 is 7.59. The van der Waals surface area contributed by atoms with Crippen LogP contribution in [0, 0.1) is 5.41 Å². The average Bonchev–Trinajstić information content (AvgIpc) is 3.75. The Morgan fingerprint density at radius 3 is 2.52 bits per heavy atom. The van der Waals surface area contributed by atoms with Gasteiger partial charge in [0, 0.05) is 49.8 Å². The van der Waals surface area contributed by atoms with Gasteiger partial charge >= 0.3 is 0 Å². The number of rotatable bonds is 7. The van der Waals surface area contributed by atoms with Crippen LogP contribution >= 0.6 is 0 Å². The summed E-state index contributed by atoms with van der Waals surface area (Å²) in [6, 6.07) is 19.7. The van der Waals surface area contributed by atoms with Crippen LogP contribution in [-0.2, 0) is 11.3 Å². The number of carbonyl (C=O) groups is 1. The molecule has 4 fully saturated rings. The molecule has 234 valence electrons. The zero-order chi connectivity index (χ0) is 30.6. The Morgan fingerprint density at radius 1 is 1.05 bits per heavy atom. The Hall–Kier alpha value is -3.53. The Bertz CT molecular complexity index is 1470. The molecule has 2 aliphatic heterocycles. The summed E-state index contributed by atoms with van der Waals surface area (Å²) in [5.41, 5.74) is 1.56. The van der Waals surface area contributed by atoms with Gasteiger partial charge in [-0.15, -0.1) is 0 Å². The monoisotopic (exact) mass is 599 g/mol. The van der Waals surface area contributed by atoms with E-state index in [1.54, 1.807) is 17.0 Å². The minimum atomic E-state index is -0.865. The molecular weight excluding hydrogens is 554 g/mol. The number of nitrogens with one attached hydrogen (secondary N) is 1. The number of amides is 1. The molecule has 2 aromatic carbocycles. The second-order valence-corrected chi connectivity index (χ2v) is 13.0. The SMILES string of the molecule is CN1CCC(O)(Cn2cnc(-c3ccccc3OC3CC3)cc2=O)C2(CCCC2)C1.O=CN1CCNCC1c1ccccc1. The number of piperidine rings is 1. The van der Waals surface area contributed by atoms with Crippen molar-refractivity contribution in [1.82, 2.24) is 24.7 Å². The molecule has 2 aliphatic carbocycles. The van der Waals surface area contributed by atoms with E-state index >= 15 is 0 Å². The van der Waals surface area contributed by atoms with Gasteiger partial charge in [0.2, 0.25) is 6.41 Å². The predicted molar refractivity (Wildman–Crippen MR) is 170 cm³/mol. The maximum Gasteiger partial charge on any atom is 0.253 e. The molecule has 9 heteroatoms. The molecule has 3 aromatic rings. The van der Waals surface area contributed by atoms with Gasteiger partial charge in [-0.25, -0.2) is 4.98 Å². The van der Waals surface area contributed by atoms with Gasteiger partial charge in [0.25, 0.3) is 5.56 Å². The van der Waals surface area contributed by atoms with Crippen molar-refractivity contribution in [1.29, 1.82) is 0 Å². The molecule has 7 rings (SSSR count). The molecule has 2 saturated heterocycles. The van der Waals surface area contributed by atoms with Gasteiger partial charge in [0.15, 0.2) is 0 Å². The van der Waals surface area contributed by atoms with Gasteiger partial charge in [0.05, 0.1) is 36.3 Å². The summed E-state index contributed by atoms with van der Waals surface area (Å²) >= 11 is 0. The van der Waals surface area contributed by atoms with Gasteiger partial charge in [-0.2, -0.15) is 0 Å². The van der Waals surface area contributed by atoms with E-state index in [0.717, 1.165) is 89.0 Å². The van der Waals surface area contributed by atoms with Crippen LogP contribution in [-0.4, -0.2) is 82.3 Å². The highest BCUT2D eigenvalue weighted by Gasteiger charge is 2.54. The normalized spacial score (nSPS) is 24.9. The molecular formula is C35H45N5O4. The van der Waals surface area contributed by atoms with E-state index in [1.165, 1.54) is 5.56 Å². The van der Waals surface area contributed by atoms with Crippen molar-refractivity contribution < 1.29 is 14.6 Å². The fourth-order valence-corrected chi connectivity index (χ4v) is 7.26. The molecule has 1 aromatic heterocycles. The molecule has 1 spiro atoms. The van der Waals surface area contributed by atoms with Crippen molar-refractivity contribution in [3.05, 3.63) is 82.9 Å². The molecule has 3 heterocycles. The standard InChI is InChI=1S/C24H31N3O3.C11H14N2O/c1-26-13-12-24(29,23(15-26)10-4-5-11-23)16-27-17-25-20(14-22(27)28)19-6-2-3-7-21(19)30-18-8-9-18;14-9-13-7-6-12-8-11(13)10-4-2-1-3-5-10/h2-3,6-7,14,17-18,29H,4-5,8-13,15-16H2,1H3;1-5,9,11-12H,6-8H2. The van der Waals surface area contributed by atoms with E-state index in [0.29, 0.717) is 18.7 Å². The highest BCUT2D eigenvalue weighted by Crippen LogP contribution is 2.51. The highest BCUT2D eigenvalue weighted by molar-refractivity contribution is 5.66. The van der Waals surface area contributed by atoms with Gasteiger partial charge in [-0.3, -0.25) is 14.2 Å². The van der Waals surface area contributed by atoms with Crippen molar-refractivity contribution in [3.8, 4) is 17.0 Å². The van der Waals surface area contributed by atoms with Crippen molar-refractivity contribution in [2.75, 3.05) is 39.8 Å². The van der Waals surface area contributed by atoms with Gasteiger partial charge in [0.1, 0.15) is 5.75 Å². The smallest absolute Gasteiger partial charge is 0.253 e. The van der Waals surface area contributed by atoms with E-state index < -0.39 is 5.60 Å². The van der Waals surface area contributed by atoms with Crippen LogP contribution < -0.4 is 15.6 Å². The van der Waals surface area contributed by atoms with E-state index in [1.807, 2.05) is 47.4 Å². The number of para-hydroxylation sites is 1. The molecule has 2 saturated carbocycles. The lowest BCUT2D eigenvalue weighted by molar-refractivity contribution is -0.139. The Kier molecular flexibility index (Phi) is 9.16. The Balaban J connectivity index is 0.000000205. The minimum absolute atomic E-state index is 0.122. The number of nitrogens with zero attached hydrogens (tertiary/aromatic N) is 4. The molecule has 1 amide bonds. The largest absolute Gasteiger partial charge is 0.490 e. The van der Waals surface area contributed by atoms with Crippen molar-refractivity contribution >= 4 is 6.41 Å². The van der Waals surface area contributed by atoms with Crippen LogP contribution in [0.25, 0.3) is 11.3 Å². The topological polar surface area (TPSA) is 99.9 Å². The van der Waals surface area contributed by atoms with Crippen LogP contribution in [0.4, 0.5) is 0 Å². The van der Waals surface area contributed by atoms with Crippen molar-refractivity contribution in [2.24, 2.45) is 5.41 Å². The zero-order valence-corrected chi connectivity index (χ0v) is 25.7. The Labute approximate surface area is 259 Å². The number of piperazine rings is 1. The predicted octanol–water partition coefficient (Wildman–Crippen LogP) is 3.87. The number of hydrogen-bond acceptors (Lipinski definition) is 7. The number of aromatic nitrogens is 2. The summed E-state index contributed by atoms with van der Waals surface area (Å²) in [5, 5.41) is 15.0. The third-order valence-electron chi connectivity index (χ3n) is 9.92. The van der Waals surface area contributed by atoms with Crippen LogP contribution in [0.1, 0.15) is 56.6 Å². The van der Waals surface area contributed by atoms with Crippen LogP contribution in [0.15, 0.2) is 71.8 Å². The maximum atomic E-state index is 13.0. The lowest BCUT2D eigenvalue weighted by Gasteiger charge is -2.51. The summed E-state index contributed by atoms with van der Waals surface area (Å²) in [5.74, 6) is 0.781. The number of benzene rings is 2. The fourth-order valence-electron chi connectivity index (χ4n) is 7.26. The molecule has 44 heavy (non-hydrogen) atoms. The quantitative estimate of drug-likeness (QED) is 0.398. The molecule has 2 N–H and O–H groups in total. The molecule has 2 unspecified atom stereocenters. The van der Waals surface area contributed by atoms with Crippen LogP contribution in [0.5, 0.6) is 5.75 Å². The van der Waals surface area contributed by atoms with E-state index in [4.69, 9.17) is 4.74 Å². The van der Waals surface area contributed by atoms with Crippen LogP contribution in [0.2, 0.25) is 0 Å². The first kappa shape index (κ1) is 30.5. The maximum absolute atomic E-state index is 13.0. The number of hydrogen-bond donors (Lipinski definition) is 2. The first-order valence-electron chi connectivity index (χ1n) is 16.1. The summed E-state index contributed by atoms with van der Waals surface area (Å²) in [7, 11) is 2.13. The van der Waals surface area contributed by atoms with Gasteiger partial charge < -0.3 is 25.0 Å². The third kappa shape index (κ3) is 6.60. The second-order valence-electron chi connectivity index (χ2n) is 13.0. The molecule has 0 radical (unpaired) electrons. The lowest BCUT2D eigenvalue weighted by atomic mass is 9.66. The average molecular weight is 600 g/mol. The molecule has 9 nitrogen and oxygen atoms in total. The number of aliphatic hydroxyl groups is 1. The number of ether oxygens (including phenoxy) is 1. The Morgan fingerprint density at radius 2 is 1.80 bits per heavy atom. The van der Waals surface area contributed by atoms with Gasteiger partial charge in [-0.1, -0.05) is 55.3 Å². The fraction of sp³-hybridized carbons (Fsp3) is 0.514. The van der Waals surface area contributed by atoms with Gasteiger partial charge in [-0.05, 0) is 56.8 Å². The van der Waals surface area contributed by atoms with Crippen LogP contribution in [0.3, 0.4) is 0 Å². The number of likely N-dealkylation sites (tertiary alicyclic amines) is 1. The van der Waals surface area contributed by atoms with Crippen molar-refractivity contribution in [3.63, 3.8) is 0 Å². The molecule has 4 aliphatic rings. The second kappa shape index (κ2) is 13.2. The summed E-state index contributed by atoms with van der Waals surface area (Å²) in [6.45, 7) is 4.60. The van der Waals surface area contributed by atoms with E-state index in [9.17, 15) is 14.7 Å². The highest BCUT2D eigenvalue weighted by atomic mass is 16.5. The molecule has 0 bridgehead atoms. The summed E-state index contributed by atoms with van der Waals surface area (Å²) in [6.07, 6.45) is 10.0.